The number of carbonyl (C=O) groups excluding carboxylic acids is 1. The number of methoxy groups -OCH3 is 1. The third kappa shape index (κ3) is 6.60. The SMILES string of the molecule is COc1ccc(NC(=O)OCCS(=O)(=O)c2c(F)c(F)c(S(=O)(=O)N=CN(C)C)c(F)c2F)cc1. The van der Waals surface area contributed by atoms with Crippen molar-refractivity contribution in [2.75, 3.05) is 38.9 Å². The van der Waals surface area contributed by atoms with Gasteiger partial charge in [-0.2, -0.15) is 8.42 Å². The van der Waals surface area contributed by atoms with Gasteiger partial charge in [0.2, 0.25) is 0 Å². The number of nitrogens with zero attached hydrogens (tertiary/aromatic N) is 2. The van der Waals surface area contributed by atoms with Crippen molar-refractivity contribution in [1.82, 2.24) is 4.90 Å². The molecule has 35 heavy (non-hydrogen) atoms. The molecule has 10 nitrogen and oxygen atoms in total. The topological polar surface area (TPSA) is 131 Å². The van der Waals surface area contributed by atoms with Crippen LogP contribution in [0.5, 0.6) is 5.75 Å². The minimum Gasteiger partial charge on any atom is -0.497 e. The lowest BCUT2D eigenvalue weighted by Gasteiger charge is -2.12. The first kappa shape index (κ1) is 27.8. The van der Waals surface area contributed by atoms with Crippen LogP contribution in [-0.4, -0.2) is 67.7 Å². The minimum absolute atomic E-state index is 0.244. The van der Waals surface area contributed by atoms with Crippen molar-refractivity contribution in [2.45, 2.75) is 9.79 Å². The number of anilines is 1. The fraction of sp³-hybridized carbons (Fsp3) is 0.263. The molecule has 16 heteroatoms. The van der Waals surface area contributed by atoms with Gasteiger partial charge < -0.3 is 14.4 Å². The summed E-state index contributed by atoms with van der Waals surface area (Å²) in [5, 5.41) is 2.24. The maximum Gasteiger partial charge on any atom is 0.411 e. The molecule has 0 radical (unpaired) electrons. The fourth-order valence-corrected chi connectivity index (χ4v) is 4.76. The van der Waals surface area contributed by atoms with E-state index in [1.54, 1.807) is 0 Å². The van der Waals surface area contributed by atoms with Crippen LogP contribution >= 0.6 is 0 Å². The van der Waals surface area contributed by atoms with E-state index in [-0.39, 0.29) is 5.69 Å². The van der Waals surface area contributed by atoms with Crippen molar-refractivity contribution >= 4 is 38.0 Å². The predicted molar refractivity (Wildman–Crippen MR) is 116 cm³/mol. The molecule has 0 aliphatic heterocycles. The summed E-state index contributed by atoms with van der Waals surface area (Å²) in [6.07, 6.45) is -0.535. The van der Waals surface area contributed by atoms with E-state index >= 15 is 0 Å². The van der Waals surface area contributed by atoms with Gasteiger partial charge in [-0.1, -0.05) is 0 Å². The van der Waals surface area contributed by atoms with E-state index in [4.69, 9.17) is 4.74 Å². The number of sulfone groups is 1. The van der Waals surface area contributed by atoms with Crippen molar-refractivity contribution in [2.24, 2.45) is 4.40 Å². The number of hydrogen-bond acceptors (Lipinski definition) is 7. The molecule has 0 aromatic heterocycles. The maximum atomic E-state index is 14.4. The molecular formula is C19H19F4N3O7S2. The number of benzene rings is 2. The molecule has 1 N–H and O–H groups in total. The number of ether oxygens (including phenoxy) is 2. The summed E-state index contributed by atoms with van der Waals surface area (Å²) in [6, 6.07) is 5.88. The van der Waals surface area contributed by atoms with E-state index in [0.717, 1.165) is 4.90 Å². The molecule has 192 valence electrons. The van der Waals surface area contributed by atoms with E-state index in [1.165, 1.54) is 45.5 Å². The summed E-state index contributed by atoms with van der Waals surface area (Å²) < 4.78 is 119. The Morgan fingerprint density at radius 3 is 1.97 bits per heavy atom. The van der Waals surface area contributed by atoms with Crippen LogP contribution in [0.2, 0.25) is 0 Å². The number of halogens is 4. The zero-order valence-electron chi connectivity index (χ0n) is 18.4. The first-order valence-electron chi connectivity index (χ1n) is 9.34. The van der Waals surface area contributed by atoms with Gasteiger partial charge in [-0.3, -0.25) is 5.32 Å². The highest BCUT2D eigenvalue weighted by Gasteiger charge is 2.37. The van der Waals surface area contributed by atoms with Crippen LogP contribution in [0, 0.1) is 23.3 Å². The largest absolute Gasteiger partial charge is 0.497 e. The standard InChI is InChI=1S/C19H19F4N3O7S2/c1-26(2)10-24-35(30,31)18-15(22)13(20)17(14(21)16(18)23)34(28,29)9-8-33-19(27)25-11-4-6-12(32-3)7-5-11/h4-7,10H,8-9H2,1-3H3,(H,25,27). The Kier molecular flexibility index (Phi) is 8.67. The van der Waals surface area contributed by atoms with E-state index in [2.05, 4.69) is 14.5 Å². The van der Waals surface area contributed by atoms with E-state index in [0.29, 0.717) is 12.1 Å². The highest BCUT2D eigenvalue weighted by atomic mass is 32.2. The average molecular weight is 542 g/mol. The summed E-state index contributed by atoms with van der Waals surface area (Å²) in [4.78, 5) is 8.69. The van der Waals surface area contributed by atoms with Gasteiger partial charge in [0.15, 0.2) is 38.0 Å². The molecule has 0 atom stereocenters. The number of rotatable bonds is 9. The monoisotopic (exact) mass is 541 g/mol. The van der Waals surface area contributed by atoms with Crippen molar-refractivity contribution in [3.05, 3.63) is 47.5 Å². The number of nitrogens with one attached hydrogen (secondary N) is 1. The first-order chi connectivity index (χ1) is 16.2. The Hall–Kier alpha value is -3.40. The van der Waals surface area contributed by atoms with Crippen LogP contribution in [-0.2, 0) is 24.6 Å². The van der Waals surface area contributed by atoms with Gasteiger partial charge >= 0.3 is 6.09 Å². The number of amides is 1. The summed E-state index contributed by atoms with van der Waals surface area (Å²) >= 11 is 0. The summed E-state index contributed by atoms with van der Waals surface area (Å²) in [6.45, 7) is -0.959. The number of hydrogen-bond donors (Lipinski definition) is 1. The van der Waals surface area contributed by atoms with Crippen LogP contribution in [0.25, 0.3) is 0 Å². The fourth-order valence-electron chi connectivity index (χ4n) is 2.47. The molecular weight excluding hydrogens is 522 g/mol. The van der Waals surface area contributed by atoms with E-state index < -0.39 is 71.4 Å². The molecule has 0 bridgehead atoms. The highest BCUT2D eigenvalue weighted by molar-refractivity contribution is 7.91. The normalized spacial score (nSPS) is 12.0. The Morgan fingerprint density at radius 1 is 0.971 bits per heavy atom. The second kappa shape index (κ2) is 10.9. The lowest BCUT2D eigenvalue weighted by molar-refractivity contribution is 0.168. The predicted octanol–water partition coefficient (Wildman–Crippen LogP) is 2.55. The maximum absolute atomic E-state index is 14.4. The second-order valence-electron chi connectivity index (χ2n) is 6.88. The van der Waals surface area contributed by atoms with Crippen LogP contribution in [0.1, 0.15) is 0 Å². The van der Waals surface area contributed by atoms with Crippen molar-refractivity contribution < 1.29 is 48.7 Å². The van der Waals surface area contributed by atoms with Gasteiger partial charge in [0.05, 0.1) is 12.9 Å². The van der Waals surface area contributed by atoms with Gasteiger partial charge in [-0.25, -0.2) is 30.8 Å². The molecule has 1 amide bonds. The molecule has 0 aliphatic rings. The summed E-state index contributed by atoms with van der Waals surface area (Å²) in [5.41, 5.74) is 0.244. The molecule has 2 aromatic rings. The Bertz CT molecular complexity index is 1320. The van der Waals surface area contributed by atoms with Gasteiger partial charge in [-0.05, 0) is 24.3 Å². The van der Waals surface area contributed by atoms with Crippen LogP contribution in [0.3, 0.4) is 0 Å². The van der Waals surface area contributed by atoms with Crippen molar-refractivity contribution in [3.63, 3.8) is 0 Å². The van der Waals surface area contributed by atoms with Crippen LogP contribution < -0.4 is 10.1 Å². The van der Waals surface area contributed by atoms with Crippen molar-refractivity contribution in [3.8, 4) is 5.75 Å². The quantitative estimate of drug-likeness (QED) is 0.222. The van der Waals surface area contributed by atoms with E-state index in [1.807, 2.05) is 0 Å². The zero-order chi connectivity index (χ0) is 26.6. The van der Waals surface area contributed by atoms with Gasteiger partial charge in [0.25, 0.3) is 10.0 Å². The molecule has 0 saturated carbocycles. The molecule has 0 aliphatic carbocycles. The molecule has 0 unspecified atom stereocenters. The molecule has 0 heterocycles. The lowest BCUT2D eigenvalue weighted by atomic mass is 10.3. The Morgan fingerprint density at radius 2 is 1.49 bits per heavy atom. The first-order valence-corrected chi connectivity index (χ1v) is 12.4. The van der Waals surface area contributed by atoms with Gasteiger partial charge in [0.1, 0.15) is 23.6 Å². The summed E-state index contributed by atoms with van der Waals surface area (Å²) in [7, 11) is -6.36. The molecule has 2 aromatic carbocycles. The number of carbonyl (C=O) groups is 1. The van der Waals surface area contributed by atoms with Gasteiger partial charge in [-0.15, -0.1) is 4.40 Å². The smallest absolute Gasteiger partial charge is 0.411 e. The number of sulfonamides is 1. The molecule has 0 saturated heterocycles. The van der Waals surface area contributed by atoms with Crippen LogP contribution in [0.15, 0.2) is 38.5 Å². The summed E-state index contributed by atoms with van der Waals surface area (Å²) in [5.74, 6) is -10.7. The Balaban J connectivity index is 2.24. The molecule has 2 rings (SSSR count). The lowest BCUT2D eigenvalue weighted by Crippen LogP contribution is -2.22. The van der Waals surface area contributed by atoms with Gasteiger partial charge in [0, 0.05) is 19.8 Å². The minimum atomic E-state index is -5.27. The highest BCUT2D eigenvalue weighted by Crippen LogP contribution is 2.31. The third-order valence-electron chi connectivity index (χ3n) is 4.09. The molecule has 0 spiro atoms. The second-order valence-corrected chi connectivity index (χ2v) is 10.5. The Labute approximate surface area is 198 Å². The zero-order valence-corrected chi connectivity index (χ0v) is 20.0. The average Bonchev–Trinajstić information content (AvgIpc) is 2.76. The molecule has 0 fully saturated rings. The third-order valence-corrected chi connectivity index (χ3v) is 7.02. The van der Waals surface area contributed by atoms with E-state index in [9.17, 15) is 39.2 Å². The van der Waals surface area contributed by atoms with Crippen molar-refractivity contribution in [1.29, 1.82) is 0 Å². The van der Waals surface area contributed by atoms with Crippen LogP contribution in [0.4, 0.5) is 28.0 Å².